The number of anilines is 2. The fourth-order valence-electron chi connectivity index (χ4n) is 4.32. The molecule has 0 atom stereocenters. The lowest BCUT2D eigenvalue weighted by Gasteiger charge is -2.16. The van der Waals surface area contributed by atoms with Crippen LogP contribution in [0.1, 0.15) is 18.4 Å². The van der Waals surface area contributed by atoms with E-state index in [1.165, 1.54) is 31.4 Å². The number of carbonyl (C=O) groups is 2. The lowest BCUT2D eigenvalue weighted by atomic mass is 10.0. The van der Waals surface area contributed by atoms with Gasteiger partial charge in [0.2, 0.25) is 11.8 Å². The Morgan fingerprint density at radius 3 is 2.08 bits per heavy atom. The van der Waals surface area contributed by atoms with Gasteiger partial charge in [0.1, 0.15) is 28.5 Å². The molecular formula is C29H26FN3O6S. The highest BCUT2D eigenvalue weighted by Gasteiger charge is 2.56. The minimum atomic E-state index is -3.31. The summed E-state index contributed by atoms with van der Waals surface area (Å²) in [6.07, 6.45) is 3.55. The summed E-state index contributed by atoms with van der Waals surface area (Å²) in [4.78, 5) is 30.1. The highest BCUT2D eigenvalue weighted by molar-refractivity contribution is 7.89. The molecule has 4 aromatic rings. The molecule has 9 nitrogen and oxygen atoms in total. The van der Waals surface area contributed by atoms with Crippen LogP contribution in [-0.2, 0) is 25.2 Å². The Hall–Kier alpha value is -4.51. The summed E-state index contributed by atoms with van der Waals surface area (Å²) in [6.45, 7) is 0. The molecule has 0 saturated heterocycles. The molecule has 0 bridgehead atoms. The summed E-state index contributed by atoms with van der Waals surface area (Å²) in [5.41, 5.74) is 0.787. The van der Waals surface area contributed by atoms with Crippen molar-refractivity contribution in [1.82, 2.24) is 4.98 Å². The Bertz CT molecular complexity index is 1700. The van der Waals surface area contributed by atoms with Gasteiger partial charge in [-0.3, -0.25) is 14.6 Å². The van der Waals surface area contributed by atoms with Crippen LogP contribution in [0, 0.1) is 11.2 Å². The third-order valence-electron chi connectivity index (χ3n) is 6.58. The van der Waals surface area contributed by atoms with E-state index in [1.54, 1.807) is 48.7 Å². The molecule has 11 heteroatoms. The van der Waals surface area contributed by atoms with Gasteiger partial charge in [0.05, 0.1) is 18.4 Å². The van der Waals surface area contributed by atoms with Gasteiger partial charge in [-0.1, -0.05) is 0 Å². The average molecular weight is 564 g/mol. The fourth-order valence-corrected chi connectivity index (χ4v) is 5.11. The highest BCUT2D eigenvalue weighted by Crippen LogP contribution is 2.47. The molecule has 0 unspecified atom stereocenters. The SMILES string of the molecule is COc1cc2nccc(Oc3ccc(NC(=O)C4(C(=O)Nc5ccc(F)cc5)CC4)cc3)c2cc1CS(C)(=O)=O. The van der Waals surface area contributed by atoms with Gasteiger partial charge in [-0.25, -0.2) is 12.8 Å². The van der Waals surface area contributed by atoms with Crippen LogP contribution in [0.25, 0.3) is 10.9 Å². The van der Waals surface area contributed by atoms with Crippen molar-refractivity contribution < 1.29 is 31.9 Å². The number of benzene rings is 3. The monoisotopic (exact) mass is 563 g/mol. The number of ether oxygens (including phenoxy) is 2. The lowest BCUT2D eigenvalue weighted by molar-refractivity contribution is -0.131. The fraction of sp³-hybridized carbons (Fsp3) is 0.207. The number of amides is 2. The summed E-state index contributed by atoms with van der Waals surface area (Å²) in [6, 6.07) is 17.0. The minimum Gasteiger partial charge on any atom is -0.496 e. The molecule has 0 aliphatic heterocycles. The van der Waals surface area contributed by atoms with Crippen LogP contribution < -0.4 is 20.1 Å². The third-order valence-corrected chi connectivity index (χ3v) is 7.42. The molecule has 206 valence electrons. The Morgan fingerprint density at radius 1 is 0.925 bits per heavy atom. The average Bonchev–Trinajstić information content (AvgIpc) is 3.73. The number of halogens is 1. The van der Waals surface area contributed by atoms with E-state index in [-0.39, 0.29) is 5.75 Å². The van der Waals surface area contributed by atoms with Crippen molar-refractivity contribution in [3.8, 4) is 17.2 Å². The van der Waals surface area contributed by atoms with Gasteiger partial charge >= 0.3 is 0 Å². The third kappa shape index (κ3) is 5.89. The summed E-state index contributed by atoms with van der Waals surface area (Å²) < 4.78 is 48.4. The molecular weight excluding hydrogens is 537 g/mol. The standard InChI is InChI=1S/C29H26FN3O6S/c1-38-26-16-24-23(15-18(26)17-40(2,36)37)25(11-14-31-24)39-22-9-7-21(8-10-22)33-28(35)29(12-13-29)27(34)32-20-5-3-19(30)4-6-20/h3-11,14-16H,12-13,17H2,1-2H3,(H,32,34)(H,33,35). The Morgan fingerprint density at radius 2 is 1.52 bits per heavy atom. The van der Waals surface area contributed by atoms with Gasteiger partial charge in [-0.2, -0.15) is 0 Å². The predicted octanol–water partition coefficient (Wildman–Crippen LogP) is 5.08. The molecule has 5 rings (SSSR count). The van der Waals surface area contributed by atoms with Crippen molar-refractivity contribution in [3.63, 3.8) is 0 Å². The van der Waals surface area contributed by atoms with E-state index in [4.69, 9.17) is 9.47 Å². The smallest absolute Gasteiger partial charge is 0.240 e. The zero-order chi connectivity index (χ0) is 28.5. The molecule has 1 aliphatic rings. The molecule has 1 fully saturated rings. The summed E-state index contributed by atoms with van der Waals surface area (Å²) in [5, 5.41) is 6.08. The molecule has 1 aliphatic carbocycles. The molecule has 0 spiro atoms. The lowest BCUT2D eigenvalue weighted by Crippen LogP contribution is -2.35. The minimum absolute atomic E-state index is 0.196. The Balaban J connectivity index is 1.29. The second-order valence-electron chi connectivity index (χ2n) is 9.68. The quantitative estimate of drug-likeness (QED) is 0.272. The second kappa shape index (κ2) is 10.6. The van der Waals surface area contributed by atoms with E-state index in [0.717, 1.165) is 6.26 Å². The number of hydrogen-bond donors (Lipinski definition) is 2. The van der Waals surface area contributed by atoms with Crippen LogP contribution in [0.5, 0.6) is 17.2 Å². The van der Waals surface area contributed by atoms with Gasteiger partial charge < -0.3 is 20.1 Å². The van der Waals surface area contributed by atoms with Gasteiger partial charge in [0.25, 0.3) is 0 Å². The first-order chi connectivity index (χ1) is 19.1. The van der Waals surface area contributed by atoms with Crippen LogP contribution in [0.3, 0.4) is 0 Å². The first-order valence-electron chi connectivity index (χ1n) is 12.4. The molecule has 2 amide bonds. The van der Waals surface area contributed by atoms with Crippen LogP contribution in [0.4, 0.5) is 15.8 Å². The molecule has 1 saturated carbocycles. The van der Waals surface area contributed by atoms with E-state index >= 15 is 0 Å². The van der Waals surface area contributed by atoms with Gasteiger partial charge in [-0.05, 0) is 73.5 Å². The molecule has 40 heavy (non-hydrogen) atoms. The Kier molecular flexibility index (Phi) is 7.16. The number of fused-ring (bicyclic) bond motifs is 1. The number of nitrogens with zero attached hydrogens (tertiary/aromatic N) is 1. The molecule has 2 N–H and O–H groups in total. The predicted molar refractivity (Wildman–Crippen MR) is 149 cm³/mol. The highest BCUT2D eigenvalue weighted by atomic mass is 32.2. The number of rotatable bonds is 9. The molecule has 1 heterocycles. The second-order valence-corrected chi connectivity index (χ2v) is 11.8. The van der Waals surface area contributed by atoms with Crippen molar-refractivity contribution in [2.75, 3.05) is 24.0 Å². The number of pyridine rings is 1. The molecule has 0 radical (unpaired) electrons. The van der Waals surface area contributed by atoms with E-state index in [2.05, 4.69) is 15.6 Å². The normalized spacial score (nSPS) is 13.9. The molecule has 3 aromatic carbocycles. The zero-order valence-corrected chi connectivity index (χ0v) is 22.5. The van der Waals surface area contributed by atoms with Crippen molar-refractivity contribution in [1.29, 1.82) is 0 Å². The number of carbonyl (C=O) groups excluding carboxylic acids is 2. The van der Waals surface area contributed by atoms with E-state index in [0.29, 0.717) is 57.9 Å². The van der Waals surface area contributed by atoms with Crippen molar-refractivity contribution >= 4 is 43.9 Å². The number of aromatic nitrogens is 1. The first kappa shape index (κ1) is 27.1. The van der Waals surface area contributed by atoms with Crippen molar-refractivity contribution in [3.05, 3.63) is 84.3 Å². The van der Waals surface area contributed by atoms with Crippen LogP contribution in [-0.4, -0.2) is 38.6 Å². The topological polar surface area (TPSA) is 124 Å². The zero-order valence-electron chi connectivity index (χ0n) is 21.7. The van der Waals surface area contributed by atoms with Crippen molar-refractivity contribution in [2.24, 2.45) is 5.41 Å². The number of methoxy groups -OCH3 is 1. The van der Waals surface area contributed by atoms with Crippen molar-refractivity contribution in [2.45, 2.75) is 18.6 Å². The number of sulfone groups is 1. The maximum absolute atomic E-state index is 13.1. The maximum atomic E-state index is 13.1. The van der Waals surface area contributed by atoms with Gasteiger partial charge in [0.15, 0.2) is 9.84 Å². The van der Waals surface area contributed by atoms with Crippen LogP contribution >= 0.6 is 0 Å². The number of hydrogen-bond acceptors (Lipinski definition) is 7. The van der Waals surface area contributed by atoms with Gasteiger partial charge in [0, 0.05) is 40.8 Å². The first-order valence-corrected chi connectivity index (χ1v) is 14.4. The van der Waals surface area contributed by atoms with Crippen LogP contribution in [0.15, 0.2) is 72.9 Å². The maximum Gasteiger partial charge on any atom is 0.240 e. The van der Waals surface area contributed by atoms with Crippen LogP contribution in [0.2, 0.25) is 0 Å². The number of nitrogens with one attached hydrogen (secondary N) is 2. The van der Waals surface area contributed by atoms with Gasteiger partial charge in [-0.15, -0.1) is 0 Å². The Labute approximate surface area is 230 Å². The molecule has 1 aromatic heterocycles. The van der Waals surface area contributed by atoms with E-state index < -0.39 is 32.9 Å². The summed E-state index contributed by atoms with van der Waals surface area (Å²) in [5.74, 6) is -0.116. The summed E-state index contributed by atoms with van der Waals surface area (Å²) >= 11 is 0. The largest absolute Gasteiger partial charge is 0.496 e. The summed E-state index contributed by atoms with van der Waals surface area (Å²) in [7, 11) is -1.84. The van der Waals surface area contributed by atoms with E-state index in [1.807, 2.05) is 0 Å². The van der Waals surface area contributed by atoms with E-state index in [9.17, 15) is 22.4 Å².